The smallest absolute Gasteiger partial charge is 0.748 e. The first kappa shape index (κ1) is 24.9. The van der Waals surface area contributed by atoms with E-state index in [9.17, 15) is 13.0 Å². The third-order valence-electron chi connectivity index (χ3n) is 2.75. The van der Waals surface area contributed by atoms with Crippen LogP contribution in [0, 0.1) is 0 Å². The van der Waals surface area contributed by atoms with Gasteiger partial charge in [-0.2, -0.15) is 0 Å². The number of aliphatic hydroxyl groups is 1. The molecule has 0 saturated carbocycles. The van der Waals surface area contributed by atoms with Crippen molar-refractivity contribution in [3.63, 3.8) is 0 Å². The van der Waals surface area contributed by atoms with Crippen LogP contribution >= 0.6 is 0 Å². The topological polar surface area (TPSA) is 77.4 Å². The molecule has 0 amide bonds. The van der Waals surface area contributed by atoms with Crippen molar-refractivity contribution in [1.82, 2.24) is 0 Å². The zero-order valence-electron chi connectivity index (χ0n) is 12.9. The van der Waals surface area contributed by atoms with Crippen molar-refractivity contribution >= 4 is 10.1 Å². The van der Waals surface area contributed by atoms with Gasteiger partial charge >= 0.3 is 29.6 Å². The molecule has 0 aromatic rings. The van der Waals surface area contributed by atoms with E-state index in [-0.39, 0.29) is 35.3 Å². The molecule has 0 aliphatic carbocycles. The molecule has 0 aromatic carbocycles. The van der Waals surface area contributed by atoms with Crippen LogP contribution in [0.1, 0.15) is 71.1 Å². The molecule has 0 aliphatic heterocycles. The van der Waals surface area contributed by atoms with Crippen LogP contribution in [0.4, 0.5) is 0 Å². The van der Waals surface area contributed by atoms with Gasteiger partial charge in [0.1, 0.15) is 0 Å². The van der Waals surface area contributed by atoms with Gasteiger partial charge < -0.3 is 9.66 Å². The molecule has 6 heteroatoms. The van der Waals surface area contributed by atoms with Crippen molar-refractivity contribution in [3.8, 4) is 0 Å². The predicted octanol–water partition coefficient (Wildman–Crippen LogP) is 0.0650. The molecule has 0 radical (unpaired) electrons. The molecular formula is C13H29NaO4S. The minimum atomic E-state index is -3.98. The number of hydrogen-bond acceptors (Lipinski definition) is 4. The Morgan fingerprint density at radius 1 is 0.789 bits per heavy atom. The van der Waals surface area contributed by atoms with Gasteiger partial charge in [0.15, 0.2) is 0 Å². The van der Waals surface area contributed by atoms with E-state index < -0.39 is 10.1 Å². The Morgan fingerprint density at radius 3 is 1.42 bits per heavy atom. The third-order valence-corrected chi connectivity index (χ3v) is 3.54. The summed E-state index contributed by atoms with van der Waals surface area (Å²) < 4.78 is 30.9. The third kappa shape index (κ3) is 27.9. The summed E-state index contributed by atoms with van der Waals surface area (Å²) in [6.45, 7) is 2.21. The van der Waals surface area contributed by atoms with E-state index in [2.05, 4.69) is 6.92 Å². The summed E-state index contributed by atoms with van der Waals surface area (Å²) >= 11 is 0. The summed E-state index contributed by atoms with van der Waals surface area (Å²) in [6.07, 6.45) is 11.4. The van der Waals surface area contributed by atoms with Crippen LogP contribution in [0.5, 0.6) is 0 Å². The first-order chi connectivity index (χ1) is 8.56. The van der Waals surface area contributed by atoms with Crippen LogP contribution in [0.3, 0.4) is 0 Å². The van der Waals surface area contributed by atoms with Crippen LogP contribution in [0.2, 0.25) is 0 Å². The van der Waals surface area contributed by atoms with Gasteiger partial charge in [0, 0.05) is 12.9 Å². The summed E-state index contributed by atoms with van der Waals surface area (Å²) in [5.41, 5.74) is 0. The average molecular weight is 304 g/mol. The number of rotatable bonds is 11. The Hall–Kier alpha value is 0.870. The second-order valence-electron chi connectivity index (χ2n) is 4.44. The van der Waals surface area contributed by atoms with Crippen molar-refractivity contribution in [1.29, 1.82) is 0 Å². The molecule has 4 nitrogen and oxygen atoms in total. The van der Waals surface area contributed by atoms with Crippen LogP contribution < -0.4 is 29.6 Å². The average Bonchev–Trinajstić information content (AvgIpc) is 2.33. The molecule has 0 bridgehead atoms. The second kappa shape index (κ2) is 18.9. The fraction of sp³-hybridized carbons (Fsp3) is 1.00. The second-order valence-corrected chi connectivity index (χ2v) is 5.97. The van der Waals surface area contributed by atoms with E-state index >= 15 is 0 Å². The van der Waals surface area contributed by atoms with Gasteiger partial charge in [-0.15, -0.1) is 0 Å². The van der Waals surface area contributed by atoms with Gasteiger partial charge in [-0.1, -0.05) is 64.7 Å². The molecule has 0 aromatic heterocycles. The molecule has 0 unspecified atom stereocenters. The minimum Gasteiger partial charge on any atom is -0.748 e. The monoisotopic (exact) mass is 304 g/mol. The van der Waals surface area contributed by atoms with Crippen LogP contribution in [-0.4, -0.2) is 30.9 Å². The molecule has 0 rings (SSSR count). The standard InChI is InChI=1S/C12H26O3S.CH4O.Na/c1-2-3-4-5-6-7-8-9-10-11-12-16(13,14)15;1-2;/h2-12H2,1H3,(H,13,14,15);2H,1H3;/q;;+1/p-1. The first-order valence-corrected chi connectivity index (χ1v) is 8.52. The van der Waals surface area contributed by atoms with E-state index in [1.54, 1.807) is 0 Å². The molecule has 0 aliphatic rings. The van der Waals surface area contributed by atoms with Crippen molar-refractivity contribution in [3.05, 3.63) is 0 Å². The molecule has 0 saturated heterocycles. The minimum absolute atomic E-state index is 0. The Morgan fingerprint density at radius 2 is 1.11 bits per heavy atom. The van der Waals surface area contributed by atoms with E-state index in [0.717, 1.165) is 20.0 Å². The molecule has 0 atom stereocenters. The van der Waals surface area contributed by atoms with Gasteiger partial charge in [-0.05, 0) is 6.42 Å². The van der Waals surface area contributed by atoms with Gasteiger partial charge in [0.2, 0.25) is 0 Å². The fourth-order valence-corrected chi connectivity index (χ4v) is 2.32. The summed E-state index contributed by atoms with van der Waals surface area (Å²) in [5.74, 6) is -0.191. The van der Waals surface area contributed by atoms with Crippen molar-refractivity contribution < 1.29 is 47.6 Å². The molecule has 1 N–H and O–H groups in total. The van der Waals surface area contributed by atoms with E-state index in [4.69, 9.17) is 5.11 Å². The number of hydrogen-bond donors (Lipinski definition) is 1. The molecule has 0 fully saturated rings. The Balaban J connectivity index is -0.000000809. The van der Waals surface area contributed by atoms with E-state index in [1.165, 1.54) is 44.9 Å². The summed E-state index contributed by atoms with van der Waals surface area (Å²) in [7, 11) is -2.98. The van der Waals surface area contributed by atoms with Crippen molar-refractivity contribution in [2.45, 2.75) is 71.1 Å². The maximum absolute atomic E-state index is 10.3. The number of aliphatic hydroxyl groups excluding tert-OH is 1. The van der Waals surface area contributed by atoms with Crippen molar-refractivity contribution in [2.75, 3.05) is 12.9 Å². The molecule has 19 heavy (non-hydrogen) atoms. The maximum atomic E-state index is 10.3. The van der Waals surface area contributed by atoms with E-state index in [1.807, 2.05) is 0 Å². The molecular weight excluding hydrogens is 275 g/mol. The van der Waals surface area contributed by atoms with Gasteiger partial charge in [-0.3, -0.25) is 0 Å². The fourth-order valence-electron chi connectivity index (χ4n) is 1.77. The van der Waals surface area contributed by atoms with Crippen LogP contribution in [0.25, 0.3) is 0 Å². The van der Waals surface area contributed by atoms with Gasteiger partial charge in [0.05, 0.1) is 10.1 Å². The predicted molar refractivity (Wildman–Crippen MR) is 74.6 cm³/mol. The maximum Gasteiger partial charge on any atom is 1.00 e. The summed E-state index contributed by atoms with van der Waals surface area (Å²) in [4.78, 5) is 0. The number of unbranched alkanes of at least 4 members (excludes halogenated alkanes) is 9. The van der Waals surface area contributed by atoms with Gasteiger partial charge in [-0.25, -0.2) is 8.42 Å². The Bertz CT molecular complexity index is 243. The molecule has 0 spiro atoms. The quantitative estimate of drug-likeness (QED) is 0.333. The molecule has 0 heterocycles. The summed E-state index contributed by atoms with van der Waals surface area (Å²) in [5, 5.41) is 7.00. The zero-order valence-corrected chi connectivity index (χ0v) is 15.7. The van der Waals surface area contributed by atoms with Gasteiger partial charge in [0.25, 0.3) is 0 Å². The SMILES string of the molecule is CCCCCCCCCCCCS(=O)(=O)[O-].CO.[Na+]. The van der Waals surface area contributed by atoms with Crippen molar-refractivity contribution in [2.24, 2.45) is 0 Å². The Labute approximate surface area is 141 Å². The first-order valence-electron chi connectivity index (χ1n) is 6.94. The Kier molecular flexibility index (Phi) is 24.7. The van der Waals surface area contributed by atoms with Crippen LogP contribution in [-0.2, 0) is 10.1 Å². The van der Waals surface area contributed by atoms with E-state index in [0.29, 0.717) is 6.42 Å². The van der Waals surface area contributed by atoms with Crippen LogP contribution in [0.15, 0.2) is 0 Å². The largest absolute Gasteiger partial charge is 1.00 e. The summed E-state index contributed by atoms with van der Waals surface area (Å²) in [6, 6.07) is 0. The normalized spacial score (nSPS) is 10.3. The zero-order chi connectivity index (χ0) is 14.3. The molecule has 112 valence electrons.